The van der Waals surface area contributed by atoms with Crippen molar-refractivity contribution in [2.75, 3.05) is 36.5 Å². The van der Waals surface area contributed by atoms with Crippen molar-refractivity contribution >= 4 is 11.4 Å². The molecule has 1 aliphatic heterocycles. The predicted molar refractivity (Wildman–Crippen MR) is 84.7 cm³/mol. The Bertz CT molecular complexity index is 575. The first kappa shape index (κ1) is 13.9. The average Bonchev–Trinajstić information content (AvgIpc) is 3.02. The number of morpholine rings is 1. The molecule has 0 bridgehead atoms. The molecule has 0 aliphatic carbocycles. The molecule has 1 saturated heterocycles. The van der Waals surface area contributed by atoms with Crippen molar-refractivity contribution in [2.45, 2.75) is 20.0 Å². The number of nitrogens with zero attached hydrogens (tertiary/aromatic N) is 3. The second-order valence-electron chi connectivity index (χ2n) is 5.17. The van der Waals surface area contributed by atoms with E-state index >= 15 is 0 Å². The van der Waals surface area contributed by atoms with Crippen LogP contribution in [0.25, 0.3) is 0 Å². The van der Waals surface area contributed by atoms with E-state index in [1.807, 2.05) is 10.9 Å². The number of rotatable bonds is 5. The van der Waals surface area contributed by atoms with Crippen molar-refractivity contribution in [3.63, 3.8) is 0 Å². The number of hydrogen-bond acceptors (Lipinski definition) is 4. The van der Waals surface area contributed by atoms with Gasteiger partial charge in [0.1, 0.15) is 0 Å². The van der Waals surface area contributed by atoms with Gasteiger partial charge in [0.25, 0.3) is 0 Å². The highest BCUT2D eigenvalue weighted by Crippen LogP contribution is 2.26. The molecule has 2 heterocycles. The van der Waals surface area contributed by atoms with Gasteiger partial charge in [0, 0.05) is 37.9 Å². The molecule has 5 nitrogen and oxygen atoms in total. The fourth-order valence-electron chi connectivity index (χ4n) is 2.57. The van der Waals surface area contributed by atoms with E-state index in [9.17, 15) is 0 Å². The standard InChI is InChI=1S/C16H22N4O/c1-2-20-13-14(12-18-20)11-17-15-5-3-4-6-16(15)19-7-9-21-10-8-19/h3-6,12-13,17H,2,7-11H2,1H3. The Hall–Kier alpha value is -2.01. The van der Waals surface area contributed by atoms with Crippen LogP contribution < -0.4 is 10.2 Å². The Labute approximate surface area is 125 Å². The Kier molecular flexibility index (Phi) is 4.40. The molecule has 1 aromatic carbocycles. The highest BCUT2D eigenvalue weighted by Gasteiger charge is 2.14. The van der Waals surface area contributed by atoms with Gasteiger partial charge in [0.2, 0.25) is 0 Å². The zero-order valence-corrected chi connectivity index (χ0v) is 12.5. The number of aryl methyl sites for hydroxylation is 1. The van der Waals surface area contributed by atoms with Crippen LogP contribution in [-0.2, 0) is 17.8 Å². The van der Waals surface area contributed by atoms with Crippen LogP contribution in [0, 0.1) is 0 Å². The highest BCUT2D eigenvalue weighted by molar-refractivity contribution is 5.70. The lowest BCUT2D eigenvalue weighted by molar-refractivity contribution is 0.123. The maximum absolute atomic E-state index is 5.43. The van der Waals surface area contributed by atoms with Crippen molar-refractivity contribution in [3.05, 3.63) is 42.2 Å². The number of nitrogens with one attached hydrogen (secondary N) is 1. The van der Waals surface area contributed by atoms with Crippen LogP contribution in [0.2, 0.25) is 0 Å². The third-order valence-electron chi connectivity index (χ3n) is 3.75. The van der Waals surface area contributed by atoms with Crippen LogP contribution in [0.4, 0.5) is 11.4 Å². The third-order valence-corrected chi connectivity index (χ3v) is 3.75. The number of para-hydroxylation sites is 2. The Balaban J connectivity index is 1.69. The summed E-state index contributed by atoms with van der Waals surface area (Å²) in [7, 11) is 0. The van der Waals surface area contributed by atoms with Gasteiger partial charge in [-0.2, -0.15) is 5.10 Å². The summed E-state index contributed by atoms with van der Waals surface area (Å²) in [5.41, 5.74) is 3.63. The summed E-state index contributed by atoms with van der Waals surface area (Å²) in [5.74, 6) is 0. The maximum atomic E-state index is 5.43. The lowest BCUT2D eigenvalue weighted by Gasteiger charge is -2.30. The predicted octanol–water partition coefficient (Wildman–Crippen LogP) is 2.35. The second kappa shape index (κ2) is 6.63. The van der Waals surface area contributed by atoms with Gasteiger partial charge in [0.15, 0.2) is 0 Å². The monoisotopic (exact) mass is 286 g/mol. The Morgan fingerprint density at radius 3 is 2.81 bits per heavy atom. The smallest absolute Gasteiger partial charge is 0.0642 e. The minimum atomic E-state index is 0.793. The van der Waals surface area contributed by atoms with Crippen LogP contribution in [0.5, 0.6) is 0 Å². The van der Waals surface area contributed by atoms with Crippen molar-refractivity contribution < 1.29 is 4.74 Å². The second-order valence-corrected chi connectivity index (χ2v) is 5.17. The Morgan fingerprint density at radius 2 is 2.05 bits per heavy atom. The summed E-state index contributed by atoms with van der Waals surface area (Å²) in [5, 5.41) is 7.84. The lowest BCUT2D eigenvalue weighted by Crippen LogP contribution is -2.36. The molecule has 0 atom stereocenters. The van der Waals surface area contributed by atoms with E-state index in [1.54, 1.807) is 0 Å². The van der Waals surface area contributed by atoms with Gasteiger partial charge < -0.3 is 15.0 Å². The molecule has 1 aliphatic rings. The summed E-state index contributed by atoms with van der Waals surface area (Å²) in [6.07, 6.45) is 4.01. The van der Waals surface area contributed by atoms with Crippen molar-refractivity contribution in [2.24, 2.45) is 0 Å². The van der Waals surface area contributed by atoms with E-state index in [1.165, 1.54) is 16.9 Å². The van der Waals surface area contributed by atoms with E-state index in [0.29, 0.717) is 0 Å². The maximum Gasteiger partial charge on any atom is 0.0642 e. The molecule has 0 saturated carbocycles. The van der Waals surface area contributed by atoms with Crippen molar-refractivity contribution in [1.29, 1.82) is 0 Å². The quantitative estimate of drug-likeness (QED) is 0.916. The molecule has 0 amide bonds. The topological polar surface area (TPSA) is 42.3 Å². The van der Waals surface area contributed by atoms with E-state index in [2.05, 4.69) is 52.7 Å². The van der Waals surface area contributed by atoms with Crippen LogP contribution >= 0.6 is 0 Å². The molecule has 5 heteroatoms. The van der Waals surface area contributed by atoms with Gasteiger partial charge in [-0.15, -0.1) is 0 Å². The van der Waals surface area contributed by atoms with E-state index in [4.69, 9.17) is 4.74 Å². The molecular formula is C16H22N4O. The third kappa shape index (κ3) is 3.36. The van der Waals surface area contributed by atoms with Gasteiger partial charge >= 0.3 is 0 Å². The molecule has 21 heavy (non-hydrogen) atoms. The molecule has 112 valence electrons. The summed E-state index contributed by atoms with van der Waals surface area (Å²) in [6.45, 7) is 7.30. The molecule has 1 N–H and O–H groups in total. The fourth-order valence-corrected chi connectivity index (χ4v) is 2.57. The van der Waals surface area contributed by atoms with Crippen LogP contribution in [-0.4, -0.2) is 36.1 Å². The summed E-state index contributed by atoms with van der Waals surface area (Å²) >= 11 is 0. The zero-order valence-electron chi connectivity index (χ0n) is 12.5. The first-order chi connectivity index (χ1) is 10.4. The molecule has 3 rings (SSSR count). The molecular weight excluding hydrogens is 264 g/mol. The largest absolute Gasteiger partial charge is 0.379 e. The van der Waals surface area contributed by atoms with Crippen molar-refractivity contribution in [1.82, 2.24) is 9.78 Å². The molecule has 2 aromatic rings. The highest BCUT2D eigenvalue weighted by atomic mass is 16.5. The normalized spacial score (nSPS) is 15.2. The zero-order chi connectivity index (χ0) is 14.5. The summed E-state index contributed by atoms with van der Waals surface area (Å²) < 4.78 is 7.38. The number of aromatic nitrogens is 2. The van der Waals surface area contributed by atoms with Gasteiger partial charge in [-0.1, -0.05) is 12.1 Å². The van der Waals surface area contributed by atoms with Crippen LogP contribution in [0.3, 0.4) is 0 Å². The van der Waals surface area contributed by atoms with E-state index < -0.39 is 0 Å². The molecule has 0 unspecified atom stereocenters. The fraction of sp³-hybridized carbons (Fsp3) is 0.438. The lowest BCUT2D eigenvalue weighted by atomic mass is 10.2. The van der Waals surface area contributed by atoms with Gasteiger partial charge in [-0.25, -0.2) is 0 Å². The summed E-state index contributed by atoms with van der Waals surface area (Å²) in [6, 6.07) is 8.46. The minimum absolute atomic E-state index is 0.793. The van der Waals surface area contributed by atoms with Crippen LogP contribution in [0.15, 0.2) is 36.7 Å². The summed E-state index contributed by atoms with van der Waals surface area (Å²) in [4.78, 5) is 2.38. The van der Waals surface area contributed by atoms with E-state index in [-0.39, 0.29) is 0 Å². The van der Waals surface area contributed by atoms with Gasteiger partial charge in [-0.05, 0) is 19.1 Å². The molecule has 1 fully saturated rings. The first-order valence-electron chi connectivity index (χ1n) is 7.53. The number of ether oxygens (including phenoxy) is 1. The molecule has 0 radical (unpaired) electrons. The number of benzene rings is 1. The number of anilines is 2. The Morgan fingerprint density at radius 1 is 1.24 bits per heavy atom. The average molecular weight is 286 g/mol. The first-order valence-corrected chi connectivity index (χ1v) is 7.53. The molecule has 1 aromatic heterocycles. The minimum Gasteiger partial charge on any atom is -0.379 e. The van der Waals surface area contributed by atoms with Gasteiger partial charge in [-0.3, -0.25) is 4.68 Å². The number of hydrogen-bond donors (Lipinski definition) is 1. The molecule has 0 spiro atoms. The van der Waals surface area contributed by atoms with E-state index in [0.717, 1.165) is 39.4 Å². The SMILES string of the molecule is CCn1cc(CNc2ccccc2N2CCOCC2)cn1. The van der Waals surface area contributed by atoms with Crippen molar-refractivity contribution in [3.8, 4) is 0 Å². The van der Waals surface area contributed by atoms with Crippen LogP contribution in [0.1, 0.15) is 12.5 Å². The van der Waals surface area contributed by atoms with Gasteiger partial charge in [0.05, 0.1) is 30.8 Å².